The van der Waals surface area contributed by atoms with Crippen LogP contribution in [0.1, 0.15) is 27.7 Å². The standard InChI is InChI=1S/C6H12O2S.C2H6/c1-5-3-9(7,8)4-6(5)2;1-2/h5-6H,3-4H2,1-2H3;1-2H3. The van der Waals surface area contributed by atoms with Crippen LogP contribution in [0, 0.1) is 11.8 Å². The van der Waals surface area contributed by atoms with Crippen molar-refractivity contribution in [1.82, 2.24) is 0 Å². The molecule has 11 heavy (non-hydrogen) atoms. The Balaban J connectivity index is 0.000000461. The number of hydrogen-bond donors (Lipinski definition) is 0. The lowest BCUT2D eigenvalue weighted by Gasteiger charge is -2.02. The SMILES string of the molecule is CC.CC1CS(=O)(=O)CC1C. The molecule has 0 bridgehead atoms. The third-order valence-corrected chi connectivity index (χ3v) is 4.07. The second-order valence-corrected chi connectivity index (χ2v) is 5.19. The topological polar surface area (TPSA) is 34.1 Å². The molecule has 1 fully saturated rings. The van der Waals surface area contributed by atoms with E-state index in [1.54, 1.807) is 0 Å². The van der Waals surface area contributed by atoms with Gasteiger partial charge in [-0.1, -0.05) is 27.7 Å². The molecule has 1 heterocycles. The van der Waals surface area contributed by atoms with Gasteiger partial charge in [-0.15, -0.1) is 0 Å². The minimum absolute atomic E-state index is 0.370. The zero-order valence-electron chi connectivity index (χ0n) is 7.79. The Morgan fingerprint density at radius 3 is 1.36 bits per heavy atom. The summed E-state index contributed by atoms with van der Waals surface area (Å²) in [6.45, 7) is 7.99. The van der Waals surface area contributed by atoms with Crippen molar-refractivity contribution >= 4 is 9.84 Å². The Morgan fingerprint density at radius 1 is 1.00 bits per heavy atom. The average Bonchev–Trinajstić information content (AvgIpc) is 2.10. The van der Waals surface area contributed by atoms with Crippen molar-refractivity contribution in [3.05, 3.63) is 0 Å². The zero-order chi connectivity index (χ0) is 9.07. The molecule has 0 aromatic heterocycles. The fourth-order valence-corrected chi connectivity index (χ4v) is 3.59. The van der Waals surface area contributed by atoms with Crippen molar-refractivity contribution in [2.75, 3.05) is 11.5 Å². The van der Waals surface area contributed by atoms with Gasteiger partial charge in [0, 0.05) is 0 Å². The first-order valence-corrected chi connectivity index (χ1v) is 6.04. The van der Waals surface area contributed by atoms with Gasteiger partial charge in [-0.2, -0.15) is 0 Å². The summed E-state index contributed by atoms with van der Waals surface area (Å²) in [7, 11) is -2.64. The van der Waals surface area contributed by atoms with E-state index in [9.17, 15) is 8.42 Å². The van der Waals surface area contributed by atoms with Gasteiger partial charge < -0.3 is 0 Å². The van der Waals surface area contributed by atoms with E-state index >= 15 is 0 Å². The Bertz CT molecular complexity index is 178. The van der Waals surface area contributed by atoms with Gasteiger partial charge in [-0.25, -0.2) is 8.42 Å². The first-order chi connectivity index (χ1) is 5.01. The number of rotatable bonds is 0. The molecule has 68 valence electrons. The normalized spacial score (nSPS) is 34.2. The van der Waals surface area contributed by atoms with Crippen molar-refractivity contribution in [1.29, 1.82) is 0 Å². The van der Waals surface area contributed by atoms with Gasteiger partial charge in [0.15, 0.2) is 9.84 Å². The summed E-state index contributed by atoms with van der Waals surface area (Å²) < 4.78 is 21.7. The monoisotopic (exact) mass is 178 g/mol. The molecule has 2 unspecified atom stereocenters. The van der Waals surface area contributed by atoms with Crippen LogP contribution in [0.15, 0.2) is 0 Å². The Labute approximate surface area is 69.9 Å². The van der Waals surface area contributed by atoms with E-state index in [0.717, 1.165) is 0 Å². The van der Waals surface area contributed by atoms with E-state index in [1.165, 1.54) is 0 Å². The predicted molar refractivity (Wildman–Crippen MR) is 48.3 cm³/mol. The molecule has 2 atom stereocenters. The maximum Gasteiger partial charge on any atom is 0.150 e. The molecular formula is C8H18O2S. The summed E-state index contributed by atoms with van der Waals surface area (Å²) in [5, 5.41) is 0. The van der Waals surface area contributed by atoms with Crippen LogP contribution in [0.4, 0.5) is 0 Å². The van der Waals surface area contributed by atoms with Crippen molar-refractivity contribution in [2.45, 2.75) is 27.7 Å². The molecule has 2 nitrogen and oxygen atoms in total. The second kappa shape index (κ2) is 4.10. The molecule has 0 N–H and O–H groups in total. The van der Waals surface area contributed by atoms with Crippen LogP contribution in [-0.4, -0.2) is 19.9 Å². The molecule has 1 saturated heterocycles. The Morgan fingerprint density at radius 2 is 1.27 bits per heavy atom. The van der Waals surface area contributed by atoms with Crippen LogP contribution < -0.4 is 0 Å². The van der Waals surface area contributed by atoms with Gasteiger partial charge in [-0.05, 0) is 11.8 Å². The van der Waals surface area contributed by atoms with E-state index in [1.807, 2.05) is 27.7 Å². The highest BCUT2D eigenvalue weighted by Gasteiger charge is 2.30. The van der Waals surface area contributed by atoms with Gasteiger partial charge in [0.2, 0.25) is 0 Å². The molecule has 1 aliphatic rings. The maximum atomic E-state index is 10.9. The molecule has 0 aromatic carbocycles. The molecule has 0 amide bonds. The van der Waals surface area contributed by atoms with E-state index in [-0.39, 0.29) is 0 Å². The third kappa shape index (κ3) is 3.23. The summed E-state index contributed by atoms with van der Waals surface area (Å²) in [5.74, 6) is 1.53. The van der Waals surface area contributed by atoms with E-state index in [0.29, 0.717) is 23.3 Å². The van der Waals surface area contributed by atoms with Crippen molar-refractivity contribution < 1.29 is 8.42 Å². The quantitative estimate of drug-likeness (QED) is 0.566. The fraction of sp³-hybridized carbons (Fsp3) is 1.00. The van der Waals surface area contributed by atoms with Crippen LogP contribution in [0.5, 0.6) is 0 Å². The molecular weight excluding hydrogens is 160 g/mol. The average molecular weight is 178 g/mol. The lowest BCUT2D eigenvalue weighted by molar-refractivity contribution is 0.494. The number of hydrogen-bond acceptors (Lipinski definition) is 2. The zero-order valence-corrected chi connectivity index (χ0v) is 8.61. The lowest BCUT2D eigenvalue weighted by Crippen LogP contribution is -2.01. The van der Waals surface area contributed by atoms with Crippen molar-refractivity contribution in [3.8, 4) is 0 Å². The lowest BCUT2D eigenvalue weighted by atomic mass is 10.0. The summed E-state index contributed by atoms with van der Waals surface area (Å²) in [6.07, 6.45) is 0. The molecule has 0 saturated carbocycles. The minimum atomic E-state index is -2.64. The molecule has 0 aliphatic carbocycles. The Hall–Kier alpha value is -0.0500. The van der Waals surface area contributed by atoms with Crippen LogP contribution in [0.3, 0.4) is 0 Å². The van der Waals surface area contributed by atoms with Crippen LogP contribution in [0.25, 0.3) is 0 Å². The molecule has 0 aromatic rings. The molecule has 1 aliphatic heterocycles. The molecule has 3 heteroatoms. The summed E-state index contributed by atoms with van der Waals surface area (Å²) in [6, 6.07) is 0. The summed E-state index contributed by atoms with van der Waals surface area (Å²) in [4.78, 5) is 0. The molecule has 1 rings (SSSR count). The molecule has 0 spiro atoms. The highest BCUT2D eigenvalue weighted by Crippen LogP contribution is 2.23. The van der Waals surface area contributed by atoms with Crippen molar-refractivity contribution in [2.24, 2.45) is 11.8 Å². The van der Waals surface area contributed by atoms with Gasteiger partial charge >= 0.3 is 0 Å². The first-order valence-electron chi connectivity index (χ1n) is 4.22. The van der Waals surface area contributed by atoms with Gasteiger partial charge in [0.25, 0.3) is 0 Å². The van der Waals surface area contributed by atoms with Crippen molar-refractivity contribution in [3.63, 3.8) is 0 Å². The Kier molecular flexibility index (Phi) is 4.08. The summed E-state index contributed by atoms with van der Waals surface area (Å²) >= 11 is 0. The smallest absolute Gasteiger partial charge is 0.150 e. The maximum absolute atomic E-state index is 10.9. The van der Waals surface area contributed by atoms with Gasteiger partial charge in [0.1, 0.15) is 0 Å². The third-order valence-electron chi connectivity index (χ3n) is 2.01. The first kappa shape index (κ1) is 11.0. The van der Waals surface area contributed by atoms with Crippen LogP contribution >= 0.6 is 0 Å². The van der Waals surface area contributed by atoms with E-state index < -0.39 is 9.84 Å². The van der Waals surface area contributed by atoms with E-state index in [2.05, 4.69) is 0 Å². The van der Waals surface area contributed by atoms with Gasteiger partial charge in [0.05, 0.1) is 11.5 Å². The highest BCUT2D eigenvalue weighted by atomic mass is 32.2. The number of sulfone groups is 1. The van der Waals surface area contributed by atoms with Crippen LogP contribution in [-0.2, 0) is 9.84 Å². The second-order valence-electron chi connectivity index (χ2n) is 3.03. The van der Waals surface area contributed by atoms with E-state index in [4.69, 9.17) is 0 Å². The predicted octanol–water partition coefficient (Wildman–Crippen LogP) is 1.71. The molecule has 0 radical (unpaired) electrons. The largest absolute Gasteiger partial charge is 0.229 e. The summed E-state index contributed by atoms with van der Waals surface area (Å²) in [5.41, 5.74) is 0. The van der Waals surface area contributed by atoms with Gasteiger partial charge in [-0.3, -0.25) is 0 Å². The van der Waals surface area contributed by atoms with Crippen LogP contribution in [0.2, 0.25) is 0 Å². The highest BCUT2D eigenvalue weighted by molar-refractivity contribution is 7.91. The minimum Gasteiger partial charge on any atom is -0.229 e. The fourth-order valence-electron chi connectivity index (χ4n) is 1.20.